The van der Waals surface area contributed by atoms with E-state index in [-0.39, 0.29) is 24.6 Å². The predicted molar refractivity (Wildman–Crippen MR) is 170 cm³/mol. The molecule has 9 nitrogen and oxygen atoms in total. The van der Waals surface area contributed by atoms with Crippen LogP contribution in [0.2, 0.25) is 0 Å². The van der Waals surface area contributed by atoms with Crippen LogP contribution in [0.1, 0.15) is 58.3 Å². The highest BCUT2D eigenvalue weighted by Crippen LogP contribution is 2.71. The van der Waals surface area contributed by atoms with Crippen molar-refractivity contribution < 1.29 is 40.5 Å². The van der Waals surface area contributed by atoms with E-state index in [9.17, 15) is 8.42 Å². The van der Waals surface area contributed by atoms with Gasteiger partial charge in [-0.15, -0.1) is 0 Å². The monoisotopic (exact) mass is 658 g/mol. The van der Waals surface area contributed by atoms with Crippen molar-refractivity contribution in [2.45, 2.75) is 91.8 Å². The Kier molecular flexibility index (Phi) is 10.5. The van der Waals surface area contributed by atoms with Crippen LogP contribution in [0.15, 0.2) is 87.5 Å². The Balaban J connectivity index is 1.50. The van der Waals surface area contributed by atoms with Gasteiger partial charge in [-0.3, -0.25) is 0 Å². The van der Waals surface area contributed by atoms with Gasteiger partial charge in [0.05, 0.1) is 25.6 Å². The molecule has 3 atom stereocenters. The van der Waals surface area contributed by atoms with Gasteiger partial charge < -0.3 is 28.4 Å². The zero-order valence-electron chi connectivity index (χ0n) is 25.6. The van der Waals surface area contributed by atoms with Gasteiger partial charge in [0.2, 0.25) is 0 Å². The van der Waals surface area contributed by atoms with Crippen LogP contribution in [0.3, 0.4) is 0 Å². The second kappa shape index (κ2) is 14.7. The molecule has 0 spiro atoms. The Morgan fingerprint density at radius 2 is 1.04 bits per heavy atom. The molecule has 0 saturated carbocycles. The van der Waals surface area contributed by atoms with Crippen LogP contribution in [0.4, 0.5) is 0 Å². The average Bonchev–Trinajstić information content (AvgIpc) is 3.85. The van der Waals surface area contributed by atoms with Gasteiger partial charge in [-0.05, 0) is 90.6 Å². The molecular weight excluding hydrogens is 616 g/mol. The first kappa shape index (κ1) is 32.2. The minimum atomic E-state index is -4.01. The Bertz CT molecular complexity index is 1360. The lowest BCUT2D eigenvalue weighted by Crippen LogP contribution is -2.18. The van der Waals surface area contributed by atoms with E-state index in [1.165, 1.54) is 0 Å². The van der Waals surface area contributed by atoms with Gasteiger partial charge in [0, 0.05) is 33.9 Å². The van der Waals surface area contributed by atoms with Gasteiger partial charge in [0.15, 0.2) is 18.9 Å². The molecule has 0 aromatic heterocycles. The minimum absolute atomic E-state index is 0.109. The van der Waals surface area contributed by atoms with Gasteiger partial charge in [-0.1, -0.05) is 31.5 Å². The van der Waals surface area contributed by atoms with Crippen molar-refractivity contribution in [2.75, 3.05) is 25.6 Å². The molecular formula is C34H42O9S2. The fourth-order valence-corrected chi connectivity index (χ4v) is 11.2. The fraction of sp³-hybridized carbons (Fsp3) is 0.471. The molecule has 3 aromatic rings. The van der Waals surface area contributed by atoms with E-state index in [1.807, 2.05) is 79.7 Å². The lowest BCUT2D eigenvalue weighted by Gasteiger charge is -2.40. The topological polar surface area (TPSA) is 98.8 Å². The Morgan fingerprint density at radius 1 is 0.644 bits per heavy atom. The molecule has 45 heavy (non-hydrogen) atoms. The molecule has 3 heterocycles. The van der Waals surface area contributed by atoms with E-state index in [4.69, 9.17) is 32.1 Å². The maximum atomic E-state index is 13.9. The van der Waals surface area contributed by atoms with Crippen molar-refractivity contribution in [3.8, 4) is 17.2 Å². The SMILES string of the molecule is CCCCS(=O)(=O)OS(c1cccc(OC2CCCO2)c1)(c1cccc(OC2CCCO2)c1)c1cccc(OC2CCCO2)c1. The van der Waals surface area contributed by atoms with E-state index >= 15 is 0 Å². The van der Waals surface area contributed by atoms with Crippen LogP contribution in [-0.4, -0.2) is 52.9 Å². The molecule has 3 aromatic carbocycles. The van der Waals surface area contributed by atoms with Crippen LogP contribution < -0.4 is 14.2 Å². The van der Waals surface area contributed by atoms with Crippen molar-refractivity contribution in [1.29, 1.82) is 0 Å². The summed E-state index contributed by atoms with van der Waals surface area (Å²) >= 11 is 0. The smallest absolute Gasteiger partial charge is 0.277 e. The number of hydrogen-bond donors (Lipinski definition) is 0. The second-order valence-electron chi connectivity index (χ2n) is 11.3. The summed E-state index contributed by atoms with van der Waals surface area (Å²) in [4.78, 5) is 1.96. The molecule has 0 aliphatic carbocycles. The second-order valence-corrected chi connectivity index (χ2v) is 15.9. The Hall–Kier alpha value is -2.80. The summed E-state index contributed by atoms with van der Waals surface area (Å²) in [6.07, 6.45) is 5.25. The normalized spacial score (nSPS) is 23.8. The third kappa shape index (κ3) is 7.96. The van der Waals surface area contributed by atoms with E-state index < -0.39 is 20.4 Å². The van der Waals surface area contributed by atoms with Crippen LogP contribution in [-0.2, 0) is 28.0 Å². The van der Waals surface area contributed by atoms with Crippen LogP contribution >= 0.6 is 10.3 Å². The zero-order valence-corrected chi connectivity index (χ0v) is 27.3. The largest absolute Gasteiger partial charge is 0.465 e. The number of ether oxygens (including phenoxy) is 6. The van der Waals surface area contributed by atoms with E-state index in [0.29, 0.717) is 64.6 Å². The molecule has 11 heteroatoms. The summed E-state index contributed by atoms with van der Waals surface area (Å²) < 4.78 is 70.1. The van der Waals surface area contributed by atoms with Crippen LogP contribution in [0.5, 0.6) is 17.2 Å². The number of unbranched alkanes of at least 4 members (excludes halogenated alkanes) is 1. The molecule has 3 unspecified atom stereocenters. The third-order valence-electron chi connectivity index (χ3n) is 7.83. The predicted octanol–water partition coefficient (Wildman–Crippen LogP) is 7.58. The van der Waals surface area contributed by atoms with E-state index in [1.54, 1.807) is 0 Å². The maximum absolute atomic E-state index is 13.9. The molecule has 244 valence electrons. The summed E-state index contributed by atoms with van der Waals surface area (Å²) in [5, 5.41) is 0. The van der Waals surface area contributed by atoms with Gasteiger partial charge in [-0.2, -0.15) is 8.42 Å². The molecule has 0 radical (unpaired) electrons. The molecule has 3 aliphatic heterocycles. The first-order valence-electron chi connectivity index (χ1n) is 15.9. The summed E-state index contributed by atoms with van der Waals surface area (Å²) in [5.74, 6) is 1.61. The first-order chi connectivity index (χ1) is 21.9. The number of hydrogen-bond acceptors (Lipinski definition) is 9. The standard InChI is InChI=1S/C34H42O9S2/c1-2-3-22-44(35,36)43-45(29-13-4-10-26(23-29)40-32-16-7-19-37-32,30-14-5-11-27(24-30)41-33-17-8-20-38-33)31-15-6-12-28(25-31)42-34-18-9-21-39-34/h4-6,10-15,23-25,32-34H,2-3,7-9,16-22H2,1H3. The highest BCUT2D eigenvalue weighted by atomic mass is 32.3. The molecule has 3 saturated heterocycles. The summed E-state index contributed by atoms with van der Waals surface area (Å²) in [6, 6.07) is 22.5. The zero-order chi connectivity index (χ0) is 31.1. The first-order valence-corrected chi connectivity index (χ1v) is 19.0. The molecule has 3 aliphatic rings. The average molecular weight is 659 g/mol. The summed E-state index contributed by atoms with van der Waals surface area (Å²) in [7, 11) is -6.95. The Labute approximate surface area is 267 Å². The number of benzene rings is 3. The number of rotatable bonds is 14. The molecule has 0 N–H and O–H groups in total. The van der Waals surface area contributed by atoms with Gasteiger partial charge in [0.1, 0.15) is 17.2 Å². The van der Waals surface area contributed by atoms with E-state index in [2.05, 4.69) is 0 Å². The fourth-order valence-electron chi connectivity index (χ4n) is 5.59. The highest BCUT2D eigenvalue weighted by Gasteiger charge is 2.39. The molecule has 0 amide bonds. The Morgan fingerprint density at radius 3 is 1.38 bits per heavy atom. The van der Waals surface area contributed by atoms with Gasteiger partial charge in [-0.25, -0.2) is 3.63 Å². The molecule has 0 bridgehead atoms. The van der Waals surface area contributed by atoms with Crippen molar-refractivity contribution in [1.82, 2.24) is 0 Å². The van der Waals surface area contributed by atoms with Gasteiger partial charge in [0.25, 0.3) is 10.1 Å². The lowest BCUT2D eigenvalue weighted by atomic mass is 10.3. The minimum Gasteiger partial charge on any atom is -0.465 e. The van der Waals surface area contributed by atoms with Crippen LogP contribution in [0, 0.1) is 0 Å². The maximum Gasteiger partial charge on any atom is 0.277 e. The van der Waals surface area contributed by atoms with Crippen molar-refractivity contribution in [2.24, 2.45) is 0 Å². The quantitative estimate of drug-likeness (QED) is 0.174. The van der Waals surface area contributed by atoms with Crippen LogP contribution in [0.25, 0.3) is 0 Å². The summed E-state index contributed by atoms with van der Waals surface area (Å²) in [5.41, 5.74) is 0. The van der Waals surface area contributed by atoms with E-state index in [0.717, 1.165) is 38.5 Å². The highest BCUT2D eigenvalue weighted by molar-refractivity contribution is 8.33. The molecule has 3 fully saturated rings. The van der Waals surface area contributed by atoms with Gasteiger partial charge >= 0.3 is 0 Å². The molecule has 6 rings (SSSR count). The third-order valence-corrected chi connectivity index (χ3v) is 13.0. The van der Waals surface area contributed by atoms with Crippen molar-refractivity contribution >= 4 is 20.4 Å². The summed E-state index contributed by atoms with van der Waals surface area (Å²) in [6.45, 7) is 3.90. The van der Waals surface area contributed by atoms with Crippen molar-refractivity contribution in [3.63, 3.8) is 0 Å². The van der Waals surface area contributed by atoms with Crippen molar-refractivity contribution in [3.05, 3.63) is 72.8 Å². The lowest BCUT2D eigenvalue weighted by molar-refractivity contribution is -0.0394.